The molecule has 0 bridgehead atoms. The predicted molar refractivity (Wildman–Crippen MR) is 198 cm³/mol. The summed E-state index contributed by atoms with van der Waals surface area (Å²) in [6.07, 6.45) is 2.29. The Bertz CT molecular complexity index is 2460. The first-order chi connectivity index (χ1) is 25.6. The highest BCUT2D eigenvalue weighted by molar-refractivity contribution is 6.32. The third kappa shape index (κ3) is 4.59. The summed E-state index contributed by atoms with van der Waals surface area (Å²) >= 11 is 6.42. The number of rotatable bonds is 5. The number of hydrogen-bond acceptors (Lipinski definition) is 6. The Hall–Kier alpha value is -6.06. The first-order valence-electron chi connectivity index (χ1n) is 17.4. The van der Waals surface area contributed by atoms with Crippen molar-refractivity contribution in [2.75, 3.05) is 9.80 Å². The summed E-state index contributed by atoms with van der Waals surface area (Å²) in [5.41, 5.74) is 1.09. The number of amides is 4. The highest BCUT2D eigenvalue weighted by atomic mass is 35.5. The largest absolute Gasteiger partial charge is 0.507 e. The van der Waals surface area contributed by atoms with Gasteiger partial charge in [0.15, 0.2) is 0 Å². The molecule has 5 aromatic rings. The standard InChI is InChI=1S/C43H31ClN2O7/c44-25-11-7-13-27(21-25)46-39(49)34-22-33-31(16-17-32-36(33)40(50)45(38(32)48)26-12-6-8-23(20-26)41(51)52)37(43(34,42(46)53)24-9-2-1-3-10-24)30-18-19-35(47)29-15-5-4-14-28(29)30/h1-16,18-21,32-34,36-37,47H,17,22H2,(H,51,52). The van der Waals surface area contributed by atoms with Crippen LogP contribution in [0.25, 0.3) is 10.8 Å². The van der Waals surface area contributed by atoms with Crippen LogP contribution in [-0.2, 0) is 24.6 Å². The van der Waals surface area contributed by atoms with E-state index in [1.807, 2.05) is 54.6 Å². The number of aromatic carboxylic acids is 1. The highest BCUT2D eigenvalue weighted by Gasteiger charge is 2.70. The van der Waals surface area contributed by atoms with Gasteiger partial charge in [-0.25, -0.2) is 9.69 Å². The molecule has 2 N–H and O–H groups in total. The maximum atomic E-state index is 15.5. The van der Waals surface area contributed by atoms with Gasteiger partial charge in [-0.1, -0.05) is 96.0 Å². The molecule has 3 fully saturated rings. The van der Waals surface area contributed by atoms with Crippen LogP contribution in [0.15, 0.2) is 127 Å². The normalized spacial score (nSPS) is 26.4. The number of fused-ring (bicyclic) bond motifs is 5. The van der Waals surface area contributed by atoms with Crippen molar-refractivity contribution in [2.24, 2.45) is 23.7 Å². The molecule has 6 unspecified atom stereocenters. The van der Waals surface area contributed by atoms with Crippen LogP contribution in [0, 0.1) is 23.7 Å². The number of nitrogens with zero attached hydrogens (tertiary/aromatic N) is 2. The molecule has 2 saturated heterocycles. The number of aromatic hydroxyl groups is 1. The molecule has 4 amide bonds. The van der Waals surface area contributed by atoms with Crippen LogP contribution in [0.2, 0.25) is 5.02 Å². The van der Waals surface area contributed by atoms with Gasteiger partial charge in [-0.2, -0.15) is 0 Å². The van der Waals surface area contributed by atoms with E-state index >= 15 is 9.59 Å². The number of carbonyl (C=O) groups excluding carboxylic acids is 4. The molecule has 0 spiro atoms. The monoisotopic (exact) mass is 722 g/mol. The lowest BCUT2D eigenvalue weighted by atomic mass is 9.49. The summed E-state index contributed by atoms with van der Waals surface area (Å²) in [7, 11) is 0. The average molecular weight is 723 g/mol. The number of halogens is 1. The molecule has 4 aliphatic rings. The van der Waals surface area contributed by atoms with Crippen molar-refractivity contribution in [2.45, 2.75) is 24.2 Å². The number of carbonyl (C=O) groups is 5. The van der Waals surface area contributed by atoms with Crippen molar-refractivity contribution in [3.05, 3.63) is 149 Å². The molecule has 5 aromatic carbocycles. The summed E-state index contributed by atoms with van der Waals surface area (Å²) in [6.45, 7) is 0. The number of carboxylic acids is 1. The lowest BCUT2D eigenvalue weighted by Gasteiger charge is -2.51. The fourth-order valence-corrected chi connectivity index (χ4v) is 9.86. The van der Waals surface area contributed by atoms with Gasteiger partial charge in [-0.3, -0.25) is 24.1 Å². The molecule has 6 atom stereocenters. The van der Waals surface area contributed by atoms with Gasteiger partial charge < -0.3 is 10.2 Å². The lowest BCUT2D eigenvalue weighted by molar-refractivity contribution is -0.127. The fraction of sp³-hybridized carbons (Fsp3) is 0.186. The quantitative estimate of drug-likeness (QED) is 0.144. The SMILES string of the molecule is O=C(O)c1cccc(N2C(=O)C3CC=C4C(CC5C(=O)N(c6cccc(Cl)c6)C(=O)C5(c5ccccc5)C4c4ccc(O)c5ccccc45)C3C2=O)c1. The van der Waals surface area contributed by atoms with E-state index in [1.165, 1.54) is 23.1 Å². The van der Waals surface area contributed by atoms with E-state index in [9.17, 15) is 24.6 Å². The number of anilines is 2. The molecule has 1 saturated carbocycles. The van der Waals surface area contributed by atoms with Crippen LogP contribution in [0.5, 0.6) is 5.75 Å². The zero-order valence-corrected chi connectivity index (χ0v) is 28.8. The summed E-state index contributed by atoms with van der Waals surface area (Å²) < 4.78 is 0. The van der Waals surface area contributed by atoms with Gasteiger partial charge in [-0.05, 0) is 77.7 Å². The summed E-state index contributed by atoms with van der Waals surface area (Å²) in [6, 6.07) is 32.4. The molecular formula is C43H31ClN2O7. The predicted octanol–water partition coefficient (Wildman–Crippen LogP) is 7.26. The summed E-state index contributed by atoms with van der Waals surface area (Å²) in [4.78, 5) is 73.4. The van der Waals surface area contributed by atoms with Gasteiger partial charge in [0.1, 0.15) is 5.75 Å². The topological polar surface area (TPSA) is 132 Å². The molecule has 0 aromatic heterocycles. The van der Waals surface area contributed by atoms with Gasteiger partial charge in [0, 0.05) is 16.3 Å². The summed E-state index contributed by atoms with van der Waals surface area (Å²) in [5, 5.41) is 22.3. The van der Waals surface area contributed by atoms with Crippen LogP contribution in [-0.4, -0.2) is 39.8 Å². The molecule has 10 heteroatoms. The van der Waals surface area contributed by atoms with Crippen molar-refractivity contribution < 1.29 is 34.2 Å². The minimum Gasteiger partial charge on any atom is -0.507 e. The first kappa shape index (κ1) is 32.8. The first-order valence-corrected chi connectivity index (χ1v) is 17.8. The second kappa shape index (κ2) is 12.0. The molecule has 9 rings (SSSR count). The Labute approximate surface area is 308 Å². The average Bonchev–Trinajstić information content (AvgIpc) is 3.56. The smallest absolute Gasteiger partial charge is 0.335 e. The van der Waals surface area contributed by atoms with Gasteiger partial charge in [0.25, 0.3) is 0 Å². The second-order valence-electron chi connectivity index (χ2n) is 14.2. The Morgan fingerprint density at radius 2 is 1.42 bits per heavy atom. The van der Waals surface area contributed by atoms with Crippen molar-refractivity contribution in [3.63, 3.8) is 0 Å². The molecule has 262 valence electrons. The Kier molecular flexibility index (Phi) is 7.43. The third-order valence-electron chi connectivity index (χ3n) is 11.8. The van der Waals surface area contributed by atoms with Crippen molar-refractivity contribution >= 4 is 63.3 Å². The number of imide groups is 2. The van der Waals surface area contributed by atoms with Crippen LogP contribution < -0.4 is 9.80 Å². The van der Waals surface area contributed by atoms with Gasteiger partial charge in [-0.15, -0.1) is 0 Å². The van der Waals surface area contributed by atoms with Crippen molar-refractivity contribution in [1.29, 1.82) is 0 Å². The fourth-order valence-electron chi connectivity index (χ4n) is 9.68. The van der Waals surface area contributed by atoms with Gasteiger partial charge in [0.05, 0.1) is 40.1 Å². The van der Waals surface area contributed by atoms with Gasteiger partial charge >= 0.3 is 5.97 Å². The van der Waals surface area contributed by atoms with E-state index in [2.05, 4.69) is 0 Å². The molecule has 53 heavy (non-hydrogen) atoms. The van der Waals surface area contributed by atoms with Crippen molar-refractivity contribution in [1.82, 2.24) is 0 Å². The lowest BCUT2D eigenvalue weighted by Crippen LogP contribution is -2.53. The van der Waals surface area contributed by atoms with E-state index in [4.69, 9.17) is 11.6 Å². The molecular weight excluding hydrogens is 692 g/mol. The second-order valence-corrected chi connectivity index (χ2v) is 14.6. The number of phenolic OH excluding ortho intramolecular Hbond substituents is 1. The van der Waals surface area contributed by atoms with E-state index in [0.717, 1.165) is 10.5 Å². The number of carboxylic acid groups (broad SMARTS) is 1. The van der Waals surface area contributed by atoms with Crippen LogP contribution in [0.3, 0.4) is 0 Å². The number of hydrogen-bond donors (Lipinski definition) is 2. The Balaban J connectivity index is 1.29. The van der Waals surface area contributed by atoms with E-state index < -0.39 is 64.6 Å². The zero-order valence-electron chi connectivity index (χ0n) is 28.1. The molecule has 2 aliphatic heterocycles. The minimum atomic E-state index is -1.48. The minimum absolute atomic E-state index is 0.0578. The Morgan fingerprint density at radius 3 is 2.15 bits per heavy atom. The summed E-state index contributed by atoms with van der Waals surface area (Å²) in [5.74, 6) is -6.85. The zero-order chi connectivity index (χ0) is 36.8. The van der Waals surface area contributed by atoms with E-state index in [1.54, 1.807) is 48.5 Å². The van der Waals surface area contributed by atoms with Crippen LogP contribution in [0.4, 0.5) is 11.4 Å². The van der Waals surface area contributed by atoms with Gasteiger partial charge in [0.2, 0.25) is 23.6 Å². The number of benzene rings is 5. The molecule has 2 heterocycles. The maximum Gasteiger partial charge on any atom is 0.335 e. The molecule has 9 nitrogen and oxygen atoms in total. The van der Waals surface area contributed by atoms with E-state index in [-0.39, 0.29) is 29.8 Å². The van der Waals surface area contributed by atoms with E-state index in [0.29, 0.717) is 32.6 Å². The van der Waals surface area contributed by atoms with Crippen LogP contribution in [0.1, 0.15) is 40.2 Å². The molecule has 0 radical (unpaired) electrons. The van der Waals surface area contributed by atoms with Crippen molar-refractivity contribution in [3.8, 4) is 5.75 Å². The Morgan fingerprint density at radius 1 is 0.717 bits per heavy atom. The third-order valence-corrected chi connectivity index (χ3v) is 12.0. The number of phenols is 1. The maximum absolute atomic E-state index is 15.5. The molecule has 2 aliphatic carbocycles. The van der Waals surface area contributed by atoms with Crippen LogP contribution >= 0.6 is 11.6 Å². The highest BCUT2D eigenvalue weighted by Crippen LogP contribution is 2.65. The number of allylic oxidation sites excluding steroid dienone is 2.